The van der Waals surface area contributed by atoms with Gasteiger partial charge in [0.1, 0.15) is 18.0 Å². The minimum Gasteiger partial charge on any atom is -0.384 e. The van der Waals surface area contributed by atoms with E-state index in [0.717, 1.165) is 0 Å². The molecule has 94 valence electrons. The number of aryl methyl sites for hydroxylation is 1. The molecule has 0 atom stereocenters. The molecular formula is C11H12FN5S. The van der Waals surface area contributed by atoms with Crippen molar-refractivity contribution < 1.29 is 4.39 Å². The predicted molar refractivity (Wildman–Crippen MR) is 68.0 cm³/mol. The Morgan fingerprint density at radius 1 is 1.56 bits per heavy atom. The van der Waals surface area contributed by atoms with Gasteiger partial charge in [0.05, 0.1) is 5.56 Å². The minimum absolute atomic E-state index is 0.131. The van der Waals surface area contributed by atoms with Gasteiger partial charge < -0.3 is 10.3 Å². The number of thioether (sulfide) groups is 1. The summed E-state index contributed by atoms with van der Waals surface area (Å²) in [6.07, 6.45) is 1.59. The van der Waals surface area contributed by atoms with Crippen LogP contribution >= 0.6 is 11.8 Å². The van der Waals surface area contributed by atoms with Gasteiger partial charge in [-0.25, -0.2) is 4.39 Å². The van der Waals surface area contributed by atoms with Crippen molar-refractivity contribution in [2.75, 3.05) is 0 Å². The van der Waals surface area contributed by atoms with Gasteiger partial charge in [-0.2, -0.15) is 0 Å². The molecule has 0 unspecified atom stereocenters. The van der Waals surface area contributed by atoms with Crippen LogP contribution in [0.25, 0.3) is 0 Å². The molecule has 2 aromatic rings. The first kappa shape index (κ1) is 12.6. The SMILES string of the molecule is Cn1cnnc1SCc1cccc(C(=N)N)c1F. The minimum atomic E-state index is -0.445. The summed E-state index contributed by atoms with van der Waals surface area (Å²) < 4.78 is 15.7. The lowest BCUT2D eigenvalue weighted by Crippen LogP contribution is -2.14. The fraction of sp³-hybridized carbons (Fsp3) is 0.182. The normalized spacial score (nSPS) is 10.6. The average molecular weight is 265 g/mol. The van der Waals surface area contributed by atoms with E-state index in [1.807, 2.05) is 7.05 Å². The topological polar surface area (TPSA) is 80.6 Å². The first-order valence-corrected chi connectivity index (χ1v) is 6.16. The Balaban J connectivity index is 2.17. The zero-order chi connectivity index (χ0) is 13.1. The Labute approximate surface area is 108 Å². The summed E-state index contributed by atoms with van der Waals surface area (Å²) in [6.45, 7) is 0. The van der Waals surface area contributed by atoms with Crippen LogP contribution in [0.2, 0.25) is 0 Å². The van der Waals surface area contributed by atoms with Crippen LogP contribution in [0.3, 0.4) is 0 Å². The fourth-order valence-electron chi connectivity index (χ4n) is 1.44. The van der Waals surface area contributed by atoms with E-state index >= 15 is 0 Å². The third-order valence-electron chi connectivity index (χ3n) is 2.40. The molecule has 0 saturated heterocycles. The number of rotatable bonds is 4. The third-order valence-corrected chi connectivity index (χ3v) is 3.48. The van der Waals surface area contributed by atoms with Gasteiger partial charge >= 0.3 is 0 Å². The third kappa shape index (κ3) is 2.51. The van der Waals surface area contributed by atoms with Crippen molar-refractivity contribution in [2.45, 2.75) is 10.9 Å². The van der Waals surface area contributed by atoms with Crippen LogP contribution in [-0.4, -0.2) is 20.6 Å². The average Bonchev–Trinajstić information content (AvgIpc) is 2.73. The highest BCUT2D eigenvalue weighted by atomic mass is 32.2. The van der Waals surface area contributed by atoms with Gasteiger partial charge in [-0.15, -0.1) is 10.2 Å². The van der Waals surface area contributed by atoms with Crippen LogP contribution in [0.5, 0.6) is 0 Å². The predicted octanol–water partition coefficient (Wildman–Crippen LogP) is 1.53. The summed E-state index contributed by atoms with van der Waals surface area (Å²) in [4.78, 5) is 0. The molecule has 0 aliphatic carbocycles. The fourth-order valence-corrected chi connectivity index (χ4v) is 2.31. The van der Waals surface area contributed by atoms with Crippen LogP contribution < -0.4 is 5.73 Å². The molecule has 7 heteroatoms. The Hall–Kier alpha value is -1.89. The first-order chi connectivity index (χ1) is 8.59. The lowest BCUT2D eigenvalue weighted by molar-refractivity contribution is 0.614. The monoisotopic (exact) mass is 265 g/mol. The molecule has 0 spiro atoms. The highest BCUT2D eigenvalue weighted by molar-refractivity contribution is 7.98. The number of aromatic nitrogens is 3. The number of hydrogen-bond donors (Lipinski definition) is 2. The molecule has 2 rings (SSSR count). The highest BCUT2D eigenvalue weighted by Gasteiger charge is 2.11. The summed E-state index contributed by atoms with van der Waals surface area (Å²) in [7, 11) is 1.82. The molecular weight excluding hydrogens is 253 g/mol. The number of nitrogens with two attached hydrogens (primary N) is 1. The van der Waals surface area contributed by atoms with Crippen molar-refractivity contribution in [1.29, 1.82) is 5.41 Å². The molecule has 0 radical (unpaired) electrons. The van der Waals surface area contributed by atoms with Crippen molar-refractivity contribution in [3.05, 3.63) is 41.5 Å². The lowest BCUT2D eigenvalue weighted by atomic mass is 10.1. The summed E-state index contributed by atoms with van der Waals surface area (Å²) in [5.74, 6) is -0.294. The molecule has 0 bridgehead atoms. The second-order valence-electron chi connectivity index (χ2n) is 3.71. The van der Waals surface area contributed by atoms with E-state index in [2.05, 4.69) is 10.2 Å². The smallest absolute Gasteiger partial charge is 0.191 e. The number of halogens is 1. The van der Waals surface area contributed by atoms with Crippen molar-refractivity contribution in [2.24, 2.45) is 12.8 Å². The molecule has 0 amide bonds. The highest BCUT2D eigenvalue weighted by Crippen LogP contribution is 2.23. The van der Waals surface area contributed by atoms with Gasteiger partial charge in [0.15, 0.2) is 5.16 Å². The van der Waals surface area contributed by atoms with E-state index in [1.54, 1.807) is 23.0 Å². The summed E-state index contributed by atoms with van der Waals surface area (Å²) >= 11 is 1.38. The van der Waals surface area contributed by atoms with E-state index in [1.165, 1.54) is 17.8 Å². The van der Waals surface area contributed by atoms with Gasteiger partial charge in [0.25, 0.3) is 0 Å². The van der Waals surface area contributed by atoms with Gasteiger partial charge in [-0.05, 0) is 11.6 Å². The number of benzene rings is 1. The summed E-state index contributed by atoms with van der Waals surface area (Å²) in [6, 6.07) is 4.85. The number of nitrogens with zero attached hydrogens (tertiary/aromatic N) is 3. The number of hydrogen-bond acceptors (Lipinski definition) is 4. The second kappa shape index (κ2) is 5.18. The van der Waals surface area contributed by atoms with Gasteiger partial charge in [-0.3, -0.25) is 5.41 Å². The van der Waals surface area contributed by atoms with Crippen LogP contribution in [0.1, 0.15) is 11.1 Å². The Morgan fingerprint density at radius 2 is 2.33 bits per heavy atom. The maximum atomic E-state index is 14.0. The van der Waals surface area contributed by atoms with E-state index in [9.17, 15) is 4.39 Å². The molecule has 3 N–H and O–H groups in total. The van der Waals surface area contributed by atoms with E-state index in [-0.39, 0.29) is 11.4 Å². The van der Waals surface area contributed by atoms with E-state index in [0.29, 0.717) is 16.5 Å². The van der Waals surface area contributed by atoms with E-state index in [4.69, 9.17) is 11.1 Å². The molecule has 0 aliphatic heterocycles. The largest absolute Gasteiger partial charge is 0.384 e. The van der Waals surface area contributed by atoms with Crippen molar-refractivity contribution in [3.63, 3.8) is 0 Å². The Kier molecular flexibility index (Phi) is 3.61. The number of nitrogens with one attached hydrogen (secondary N) is 1. The number of nitrogen functional groups attached to an aromatic ring is 1. The maximum absolute atomic E-state index is 14.0. The van der Waals surface area contributed by atoms with Crippen molar-refractivity contribution >= 4 is 17.6 Å². The molecule has 0 saturated carbocycles. The van der Waals surface area contributed by atoms with Crippen LogP contribution in [0.4, 0.5) is 4.39 Å². The molecule has 5 nitrogen and oxygen atoms in total. The van der Waals surface area contributed by atoms with Crippen molar-refractivity contribution in [3.8, 4) is 0 Å². The molecule has 1 aromatic heterocycles. The van der Waals surface area contributed by atoms with Crippen LogP contribution in [0.15, 0.2) is 29.7 Å². The first-order valence-electron chi connectivity index (χ1n) is 5.18. The molecule has 1 heterocycles. The molecule has 0 aliphatic rings. The second-order valence-corrected chi connectivity index (χ2v) is 4.65. The van der Waals surface area contributed by atoms with Crippen LogP contribution in [-0.2, 0) is 12.8 Å². The summed E-state index contributed by atoms with van der Waals surface area (Å²) in [5, 5.41) is 15.6. The lowest BCUT2D eigenvalue weighted by Gasteiger charge is -2.06. The standard InChI is InChI=1S/C11H12FN5S/c1-17-6-15-16-11(17)18-5-7-3-2-4-8(9(7)12)10(13)14/h2-4,6H,5H2,1H3,(H3,13,14). The van der Waals surface area contributed by atoms with Crippen LogP contribution in [0, 0.1) is 11.2 Å². The van der Waals surface area contributed by atoms with Gasteiger partial charge in [0, 0.05) is 12.8 Å². The zero-order valence-corrected chi connectivity index (χ0v) is 10.5. The molecule has 18 heavy (non-hydrogen) atoms. The summed E-state index contributed by atoms with van der Waals surface area (Å²) in [5.41, 5.74) is 5.93. The Bertz CT molecular complexity index is 581. The quantitative estimate of drug-likeness (QED) is 0.499. The Morgan fingerprint density at radius 3 is 2.94 bits per heavy atom. The van der Waals surface area contributed by atoms with Gasteiger partial charge in [-0.1, -0.05) is 23.9 Å². The molecule has 0 fully saturated rings. The number of amidine groups is 1. The maximum Gasteiger partial charge on any atom is 0.191 e. The molecule has 1 aromatic carbocycles. The van der Waals surface area contributed by atoms with Crippen molar-refractivity contribution in [1.82, 2.24) is 14.8 Å². The van der Waals surface area contributed by atoms with E-state index < -0.39 is 5.82 Å². The zero-order valence-electron chi connectivity index (χ0n) is 9.72. The van der Waals surface area contributed by atoms with Gasteiger partial charge in [0.2, 0.25) is 0 Å².